The van der Waals surface area contributed by atoms with Gasteiger partial charge in [-0.3, -0.25) is 4.79 Å². The second-order valence-electron chi connectivity index (χ2n) is 5.01. The fraction of sp³-hybridized carbons (Fsp3) is 0.846. The zero-order valence-electron chi connectivity index (χ0n) is 12.3. The molecule has 19 heavy (non-hydrogen) atoms. The molecule has 0 heterocycles. The van der Waals surface area contributed by atoms with Crippen LogP contribution in [0.4, 0.5) is 4.79 Å². The van der Waals surface area contributed by atoms with E-state index < -0.39 is 11.7 Å². The van der Waals surface area contributed by atoms with Crippen LogP contribution in [-0.4, -0.2) is 44.0 Å². The second kappa shape index (κ2) is 9.61. The van der Waals surface area contributed by atoms with Gasteiger partial charge in [-0.25, -0.2) is 4.79 Å². The Morgan fingerprint density at radius 1 is 1.11 bits per heavy atom. The number of hydrogen-bond acceptors (Lipinski definition) is 5. The predicted octanol–water partition coefficient (Wildman–Crippen LogP) is 1.87. The van der Waals surface area contributed by atoms with Crippen LogP contribution in [0, 0.1) is 0 Å². The van der Waals surface area contributed by atoms with Crippen molar-refractivity contribution in [2.75, 3.05) is 26.4 Å². The number of esters is 1. The van der Waals surface area contributed by atoms with Gasteiger partial charge in [-0.15, -0.1) is 0 Å². The first-order chi connectivity index (χ1) is 8.85. The molecule has 6 heteroatoms. The van der Waals surface area contributed by atoms with E-state index in [9.17, 15) is 9.59 Å². The molecular formula is C13H25NO5. The van der Waals surface area contributed by atoms with E-state index in [0.717, 1.165) is 6.42 Å². The van der Waals surface area contributed by atoms with E-state index in [1.807, 2.05) is 6.92 Å². The summed E-state index contributed by atoms with van der Waals surface area (Å²) in [5.74, 6) is -0.210. The van der Waals surface area contributed by atoms with E-state index in [1.165, 1.54) is 0 Å². The molecule has 1 N–H and O–H groups in total. The van der Waals surface area contributed by atoms with Crippen LogP contribution >= 0.6 is 0 Å². The number of hydrogen-bond donors (Lipinski definition) is 1. The van der Waals surface area contributed by atoms with Crippen molar-refractivity contribution < 1.29 is 23.8 Å². The van der Waals surface area contributed by atoms with Crippen LogP contribution in [0.3, 0.4) is 0 Å². The molecule has 0 aromatic carbocycles. The summed E-state index contributed by atoms with van der Waals surface area (Å²) >= 11 is 0. The van der Waals surface area contributed by atoms with Gasteiger partial charge in [0.05, 0.1) is 13.2 Å². The van der Waals surface area contributed by atoms with Crippen molar-refractivity contribution >= 4 is 12.1 Å². The average Bonchev–Trinajstić information content (AvgIpc) is 2.25. The first-order valence-corrected chi connectivity index (χ1v) is 6.55. The predicted molar refractivity (Wildman–Crippen MR) is 70.9 cm³/mol. The molecule has 0 rings (SSSR count). The number of nitrogens with one attached hydrogen (secondary N) is 1. The lowest BCUT2D eigenvalue weighted by Crippen LogP contribution is -2.34. The maximum atomic E-state index is 11.3. The van der Waals surface area contributed by atoms with Crippen LogP contribution in [0.2, 0.25) is 0 Å². The van der Waals surface area contributed by atoms with Crippen LogP contribution in [0.15, 0.2) is 0 Å². The lowest BCUT2D eigenvalue weighted by atomic mass is 10.2. The molecule has 0 atom stereocenters. The highest BCUT2D eigenvalue weighted by Crippen LogP contribution is 2.05. The number of amides is 1. The molecule has 0 aromatic rings. The summed E-state index contributed by atoms with van der Waals surface area (Å²) in [7, 11) is 0. The lowest BCUT2D eigenvalue weighted by molar-refractivity contribution is -0.145. The highest BCUT2D eigenvalue weighted by atomic mass is 16.6. The number of alkyl carbamates (subject to hydrolysis) is 1. The van der Waals surface area contributed by atoms with Crippen LogP contribution in [0.25, 0.3) is 0 Å². The van der Waals surface area contributed by atoms with Crippen LogP contribution in [-0.2, 0) is 19.0 Å². The van der Waals surface area contributed by atoms with Crippen molar-refractivity contribution in [3.63, 3.8) is 0 Å². The number of ether oxygens (including phenoxy) is 3. The summed E-state index contributed by atoms with van der Waals surface area (Å²) < 4.78 is 15.1. The normalized spacial score (nSPS) is 10.9. The zero-order valence-corrected chi connectivity index (χ0v) is 12.3. The summed E-state index contributed by atoms with van der Waals surface area (Å²) in [5.41, 5.74) is -0.502. The Morgan fingerprint density at radius 2 is 1.79 bits per heavy atom. The molecule has 0 saturated heterocycles. The zero-order chi connectivity index (χ0) is 14.7. The molecule has 0 unspecified atom stereocenters. The van der Waals surface area contributed by atoms with E-state index >= 15 is 0 Å². The third-order valence-electron chi connectivity index (χ3n) is 1.86. The number of carbonyl (C=O) groups excluding carboxylic acids is 2. The molecule has 0 aliphatic carbocycles. The summed E-state index contributed by atoms with van der Waals surface area (Å²) in [6, 6.07) is 0. The highest BCUT2D eigenvalue weighted by molar-refractivity contribution is 5.69. The maximum Gasteiger partial charge on any atom is 0.407 e. The topological polar surface area (TPSA) is 73.9 Å². The third-order valence-corrected chi connectivity index (χ3v) is 1.86. The van der Waals surface area contributed by atoms with Gasteiger partial charge in [0.2, 0.25) is 0 Å². The first kappa shape index (κ1) is 17.7. The van der Waals surface area contributed by atoms with Gasteiger partial charge in [0.25, 0.3) is 0 Å². The Labute approximate surface area is 114 Å². The monoisotopic (exact) mass is 275 g/mol. The molecule has 112 valence electrons. The van der Waals surface area contributed by atoms with Crippen LogP contribution in [0.1, 0.15) is 40.5 Å². The van der Waals surface area contributed by atoms with E-state index in [4.69, 9.17) is 14.2 Å². The van der Waals surface area contributed by atoms with Gasteiger partial charge in [-0.1, -0.05) is 6.92 Å². The van der Waals surface area contributed by atoms with Crippen LogP contribution < -0.4 is 5.32 Å². The van der Waals surface area contributed by atoms with E-state index in [0.29, 0.717) is 26.2 Å². The minimum absolute atomic E-state index is 0.210. The Morgan fingerprint density at radius 3 is 2.37 bits per heavy atom. The Balaban J connectivity index is 3.36. The molecule has 0 saturated carbocycles. The minimum Gasteiger partial charge on any atom is -0.463 e. The molecule has 0 spiro atoms. The maximum absolute atomic E-state index is 11.3. The van der Waals surface area contributed by atoms with Crippen molar-refractivity contribution in [3.05, 3.63) is 0 Å². The summed E-state index contributed by atoms with van der Waals surface area (Å²) in [6.45, 7) is 8.59. The molecule has 0 aliphatic heterocycles. The Hall–Kier alpha value is -1.30. The van der Waals surface area contributed by atoms with Gasteiger partial charge >= 0.3 is 12.1 Å². The van der Waals surface area contributed by atoms with Gasteiger partial charge in [-0.2, -0.15) is 0 Å². The number of rotatable bonds is 8. The molecule has 6 nitrogen and oxygen atoms in total. The molecule has 1 amide bonds. The molecule has 0 bridgehead atoms. The lowest BCUT2D eigenvalue weighted by Gasteiger charge is -2.19. The standard InChI is InChI=1S/C13H25NO5/c1-5-6-11(15)18-10-9-17-8-7-14-12(16)19-13(2,3)4/h5-10H2,1-4H3,(H,14,16). The smallest absolute Gasteiger partial charge is 0.407 e. The van der Waals surface area contributed by atoms with Crippen molar-refractivity contribution in [2.24, 2.45) is 0 Å². The van der Waals surface area contributed by atoms with Gasteiger partial charge in [-0.05, 0) is 27.2 Å². The molecular weight excluding hydrogens is 250 g/mol. The summed E-state index contributed by atoms with van der Waals surface area (Å²) in [4.78, 5) is 22.3. The van der Waals surface area contributed by atoms with Crippen LogP contribution in [0.5, 0.6) is 0 Å². The Kier molecular flexibility index (Phi) is 8.95. The van der Waals surface area contributed by atoms with E-state index in [2.05, 4.69) is 5.32 Å². The second-order valence-corrected chi connectivity index (χ2v) is 5.01. The van der Waals surface area contributed by atoms with Gasteiger partial charge < -0.3 is 19.5 Å². The van der Waals surface area contributed by atoms with E-state index in [1.54, 1.807) is 20.8 Å². The molecule has 0 aliphatic rings. The highest BCUT2D eigenvalue weighted by Gasteiger charge is 2.15. The summed E-state index contributed by atoms with van der Waals surface area (Å²) in [6.07, 6.45) is 0.741. The fourth-order valence-electron chi connectivity index (χ4n) is 1.13. The first-order valence-electron chi connectivity index (χ1n) is 6.55. The average molecular weight is 275 g/mol. The van der Waals surface area contributed by atoms with Crippen molar-refractivity contribution in [3.8, 4) is 0 Å². The van der Waals surface area contributed by atoms with Crippen molar-refractivity contribution in [1.82, 2.24) is 5.32 Å². The van der Waals surface area contributed by atoms with Crippen molar-refractivity contribution in [1.29, 1.82) is 0 Å². The largest absolute Gasteiger partial charge is 0.463 e. The van der Waals surface area contributed by atoms with Gasteiger partial charge in [0.15, 0.2) is 0 Å². The Bertz CT molecular complexity index is 273. The van der Waals surface area contributed by atoms with Gasteiger partial charge in [0, 0.05) is 13.0 Å². The minimum atomic E-state index is -0.502. The fourth-order valence-corrected chi connectivity index (χ4v) is 1.13. The van der Waals surface area contributed by atoms with Gasteiger partial charge in [0.1, 0.15) is 12.2 Å². The number of carbonyl (C=O) groups is 2. The molecule has 0 aromatic heterocycles. The SMILES string of the molecule is CCCC(=O)OCCOCCNC(=O)OC(C)(C)C. The third kappa shape index (κ3) is 12.9. The van der Waals surface area contributed by atoms with E-state index in [-0.39, 0.29) is 12.6 Å². The quantitative estimate of drug-likeness (QED) is 0.540. The summed E-state index contributed by atoms with van der Waals surface area (Å²) in [5, 5.41) is 2.57. The molecule has 0 fully saturated rings. The van der Waals surface area contributed by atoms with Crippen molar-refractivity contribution in [2.45, 2.75) is 46.1 Å². The molecule has 0 radical (unpaired) electrons.